The number of Topliss-reactive ketones (excluding diaryl/α,β-unsaturated/α-hetero) is 1. The fraction of sp³-hybridized carbons (Fsp3) is 0.870. The van der Waals surface area contributed by atoms with E-state index in [1.807, 2.05) is 6.92 Å². The van der Waals surface area contributed by atoms with Crippen LogP contribution in [0, 0.1) is 17.8 Å². The van der Waals surface area contributed by atoms with Crippen molar-refractivity contribution in [3.8, 4) is 0 Å². The largest absolute Gasteiger partial charge is 0.327 e. The number of piperidine rings is 1. The maximum atomic E-state index is 13.4. The topological polar surface area (TPSA) is 60.9 Å². The van der Waals surface area contributed by atoms with Gasteiger partial charge in [-0.25, -0.2) is 4.79 Å². The van der Waals surface area contributed by atoms with Gasteiger partial charge in [0.1, 0.15) is 5.54 Å². The van der Waals surface area contributed by atoms with Crippen molar-refractivity contribution in [3.63, 3.8) is 0 Å². The van der Waals surface area contributed by atoms with Gasteiger partial charge in [-0.1, -0.05) is 39.0 Å². The van der Waals surface area contributed by atoms with Gasteiger partial charge in [0.15, 0.2) is 5.78 Å². The zero-order valence-corrected chi connectivity index (χ0v) is 18.8. The highest BCUT2D eigenvalue weighted by molar-refractivity contribution is 6.09. The van der Waals surface area contributed by atoms with Crippen molar-refractivity contribution in [2.24, 2.45) is 17.8 Å². The third-order valence-corrected chi connectivity index (χ3v) is 7.89. The van der Waals surface area contributed by atoms with E-state index in [1.165, 1.54) is 11.3 Å². The molecule has 3 amide bonds. The molecule has 0 aromatic rings. The zero-order valence-electron chi connectivity index (χ0n) is 18.8. The Bertz CT molecular complexity index is 631. The minimum Gasteiger partial charge on any atom is -0.313 e. The average molecular weight is 406 g/mol. The molecular weight excluding hydrogens is 366 g/mol. The smallest absolute Gasteiger partial charge is 0.313 e. The van der Waals surface area contributed by atoms with Crippen molar-refractivity contribution in [1.29, 1.82) is 0 Å². The molecule has 0 aromatic heterocycles. The summed E-state index contributed by atoms with van der Waals surface area (Å²) >= 11 is 0. The first-order valence-electron chi connectivity index (χ1n) is 11.6. The van der Waals surface area contributed by atoms with Crippen LogP contribution in [0.5, 0.6) is 0 Å². The Labute approximate surface area is 176 Å². The number of ketones is 1. The maximum absolute atomic E-state index is 13.4. The zero-order chi connectivity index (χ0) is 21.2. The van der Waals surface area contributed by atoms with Gasteiger partial charge in [0.2, 0.25) is 0 Å². The first kappa shape index (κ1) is 22.3. The van der Waals surface area contributed by atoms with E-state index in [2.05, 4.69) is 18.9 Å². The van der Waals surface area contributed by atoms with Crippen molar-refractivity contribution >= 4 is 17.7 Å². The molecular formula is C23H39N3O3. The van der Waals surface area contributed by atoms with Crippen LogP contribution in [-0.2, 0) is 9.59 Å². The van der Waals surface area contributed by atoms with E-state index in [0.717, 1.165) is 64.5 Å². The highest BCUT2D eigenvalue weighted by atomic mass is 16.2. The molecule has 3 rings (SSSR count). The highest BCUT2D eigenvalue weighted by Gasteiger charge is 2.57. The fourth-order valence-electron chi connectivity index (χ4n) is 5.81. The fourth-order valence-corrected chi connectivity index (χ4v) is 5.81. The number of carbonyl (C=O) groups is 3. The molecule has 3 aliphatic rings. The SMILES string of the molecule is CCCCC1CN(C)CCC1C(=O)CN1C(=O)N(C)C(C)(C2CCCCC2)C1=O. The molecule has 2 aliphatic heterocycles. The Kier molecular flexibility index (Phi) is 7.02. The summed E-state index contributed by atoms with van der Waals surface area (Å²) in [4.78, 5) is 44.7. The Hall–Kier alpha value is -1.43. The lowest BCUT2D eigenvalue weighted by molar-refractivity contribution is -0.139. The Morgan fingerprint density at radius 1 is 1.10 bits per heavy atom. The Morgan fingerprint density at radius 2 is 1.79 bits per heavy atom. The molecule has 3 atom stereocenters. The number of likely N-dealkylation sites (N-methyl/N-ethyl adjacent to an activating group) is 1. The van der Waals surface area contributed by atoms with Gasteiger partial charge in [-0.05, 0) is 58.0 Å². The van der Waals surface area contributed by atoms with Gasteiger partial charge in [0.05, 0.1) is 6.54 Å². The van der Waals surface area contributed by atoms with E-state index < -0.39 is 5.54 Å². The van der Waals surface area contributed by atoms with Crippen molar-refractivity contribution in [1.82, 2.24) is 14.7 Å². The molecule has 6 nitrogen and oxygen atoms in total. The molecule has 2 saturated heterocycles. The lowest BCUT2D eigenvalue weighted by Gasteiger charge is -2.38. The summed E-state index contributed by atoms with van der Waals surface area (Å²) in [5.41, 5.74) is -0.799. The molecule has 0 aromatic carbocycles. The number of carbonyl (C=O) groups excluding carboxylic acids is 3. The second kappa shape index (κ2) is 9.15. The summed E-state index contributed by atoms with van der Waals surface area (Å²) in [6, 6.07) is -0.297. The van der Waals surface area contributed by atoms with Crippen molar-refractivity contribution in [3.05, 3.63) is 0 Å². The monoisotopic (exact) mass is 405 g/mol. The van der Waals surface area contributed by atoms with E-state index in [-0.39, 0.29) is 36.1 Å². The predicted octanol–water partition coefficient (Wildman–Crippen LogP) is 3.55. The van der Waals surface area contributed by atoms with Crippen LogP contribution in [0.4, 0.5) is 4.79 Å². The van der Waals surface area contributed by atoms with E-state index in [0.29, 0.717) is 5.92 Å². The van der Waals surface area contributed by atoms with Crippen molar-refractivity contribution in [2.75, 3.05) is 33.7 Å². The summed E-state index contributed by atoms with van der Waals surface area (Å²) in [6.45, 7) is 5.86. The van der Waals surface area contributed by atoms with Crippen LogP contribution < -0.4 is 0 Å². The van der Waals surface area contributed by atoms with Gasteiger partial charge in [-0.3, -0.25) is 14.5 Å². The number of hydrogen-bond acceptors (Lipinski definition) is 4. The summed E-state index contributed by atoms with van der Waals surface area (Å²) in [6.07, 6.45) is 9.50. The quantitative estimate of drug-likeness (QED) is 0.608. The van der Waals surface area contributed by atoms with Gasteiger partial charge in [0.25, 0.3) is 5.91 Å². The second-order valence-electron chi connectivity index (χ2n) is 9.74. The van der Waals surface area contributed by atoms with E-state index in [1.54, 1.807) is 11.9 Å². The van der Waals surface area contributed by atoms with Crippen LogP contribution in [0.2, 0.25) is 0 Å². The van der Waals surface area contributed by atoms with Crippen LogP contribution in [0.1, 0.15) is 71.6 Å². The van der Waals surface area contributed by atoms with Crippen LogP contribution in [0.25, 0.3) is 0 Å². The van der Waals surface area contributed by atoms with Gasteiger partial charge < -0.3 is 9.80 Å². The number of unbranched alkanes of at least 4 members (excludes halogenated alkanes) is 1. The summed E-state index contributed by atoms with van der Waals surface area (Å²) in [5, 5.41) is 0. The number of nitrogens with zero attached hydrogens (tertiary/aromatic N) is 3. The highest BCUT2D eigenvalue weighted by Crippen LogP contribution is 2.41. The molecule has 3 fully saturated rings. The van der Waals surface area contributed by atoms with Crippen LogP contribution >= 0.6 is 0 Å². The lowest BCUT2D eigenvalue weighted by atomic mass is 9.75. The molecule has 6 heteroatoms. The first-order chi connectivity index (χ1) is 13.8. The summed E-state index contributed by atoms with van der Waals surface area (Å²) in [7, 11) is 3.84. The number of urea groups is 1. The Morgan fingerprint density at radius 3 is 2.45 bits per heavy atom. The molecule has 29 heavy (non-hydrogen) atoms. The minimum absolute atomic E-state index is 0.0369. The molecule has 0 bridgehead atoms. The minimum atomic E-state index is -0.799. The third kappa shape index (κ3) is 4.23. The second-order valence-corrected chi connectivity index (χ2v) is 9.74. The van der Waals surface area contributed by atoms with Crippen molar-refractivity contribution < 1.29 is 14.4 Å². The van der Waals surface area contributed by atoms with Gasteiger partial charge in [-0.2, -0.15) is 0 Å². The van der Waals surface area contributed by atoms with Crippen LogP contribution in [0.15, 0.2) is 0 Å². The van der Waals surface area contributed by atoms with Crippen molar-refractivity contribution in [2.45, 2.75) is 77.2 Å². The molecule has 0 N–H and O–H groups in total. The number of imide groups is 1. The summed E-state index contributed by atoms with van der Waals surface area (Å²) in [5.74, 6) is 0.394. The van der Waals surface area contributed by atoms with Crippen LogP contribution in [-0.4, -0.2) is 71.7 Å². The van der Waals surface area contributed by atoms with E-state index in [4.69, 9.17) is 0 Å². The summed E-state index contributed by atoms with van der Waals surface area (Å²) < 4.78 is 0. The first-order valence-corrected chi connectivity index (χ1v) is 11.6. The van der Waals surface area contributed by atoms with Crippen LogP contribution in [0.3, 0.4) is 0 Å². The molecule has 2 heterocycles. The van der Waals surface area contributed by atoms with Gasteiger partial charge >= 0.3 is 6.03 Å². The van der Waals surface area contributed by atoms with Gasteiger partial charge in [-0.15, -0.1) is 0 Å². The number of amides is 3. The number of rotatable bonds is 7. The lowest BCUT2D eigenvalue weighted by Crippen LogP contribution is -2.52. The molecule has 1 saturated carbocycles. The van der Waals surface area contributed by atoms with E-state index >= 15 is 0 Å². The molecule has 164 valence electrons. The third-order valence-electron chi connectivity index (χ3n) is 7.89. The standard InChI is InChI=1S/C23H39N3O3/c1-5-6-10-17-15-24(3)14-13-19(17)20(27)16-26-21(28)23(2,25(4)22(26)29)18-11-8-7-9-12-18/h17-19H,5-16H2,1-4H3. The number of likely N-dealkylation sites (tertiary alicyclic amines) is 1. The molecule has 1 aliphatic carbocycles. The molecule has 3 unspecified atom stereocenters. The molecule has 0 radical (unpaired) electrons. The van der Waals surface area contributed by atoms with E-state index in [9.17, 15) is 14.4 Å². The molecule has 0 spiro atoms. The van der Waals surface area contributed by atoms with Gasteiger partial charge in [0, 0.05) is 19.5 Å². The normalized spacial score (nSPS) is 32.3. The predicted molar refractivity (Wildman–Crippen MR) is 113 cm³/mol. The number of hydrogen-bond donors (Lipinski definition) is 0. The average Bonchev–Trinajstić information content (AvgIpc) is 2.89. The Balaban J connectivity index is 1.72. The maximum Gasteiger partial charge on any atom is 0.327 e.